The Morgan fingerprint density at radius 3 is 2.76 bits per heavy atom. The van der Waals surface area contributed by atoms with Crippen LogP contribution in [0, 0.1) is 0 Å². The van der Waals surface area contributed by atoms with Crippen LogP contribution in [0.3, 0.4) is 0 Å². The summed E-state index contributed by atoms with van der Waals surface area (Å²) in [7, 11) is 0. The highest BCUT2D eigenvalue weighted by atomic mass is 16.5. The molecule has 0 aliphatic rings. The number of nitrogens with one attached hydrogen (secondary N) is 2. The monoisotopic (exact) mass is 287 g/mol. The van der Waals surface area contributed by atoms with Crippen molar-refractivity contribution in [1.82, 2.24) is 9.97 Å². The fraction of sp³-hybridized carbons (Fsp3) is 0.214. The molecule has 2 rings (SSSR count). The Labute approximate surface area is 122 Å². The normalized spacial score (nSPS) is 10.0. The molecule has 0 fully saturated rings. The van der Waals surface area contributed by atoms with Crippen LogP contribution in [-0.2, 0) is 11.2 Å². The van der Waals surface area contributed by atoms with Crippen LogP contribution < -0.4 is 21.3 Å². The van der Waals surface area contributed by atoms with E-state index in [1.807, 2.05) is 19.1 Å². The van der Waals surface area contributed by atoms with Crippen molar-refractivity contribution in [2.75, 3.05) is 10.7 Å². The smallest absolute Gasteiger partial charge is 0.227 e. The third-order valence-corrected chi connectivity index (χ3v) is 2.80. The molecule has 0 unspecified atom stereocenters. The third-order valence-electron chi connectivity index (χ3n) is 2.80. The molecule has 0 bridgehead atoms. The first-order chi connectivity index (χ1) is 10.2. The minimum atomic E-state index is -0.172. The second kappa shape index (κ2) is 6.67. The first kappa shape index (κ1) is 14.7. The van der Waals surface area contributed by atoms with Crippen molar-refractivity contribution >= 4 is 17.4 Å². The lowest BCUT2D eigenvalue weighted by molar-refractivity contribution is -0.114. The number of benzene rings is 1. The summed E-state index contributed by atoms with van der Waals surface area (Å²) in [6.07, 6.45) is 2.02. The van der Waals surface area contributed by atoms with Crippen molar-refractivity contribution in [2.45, 2.75) is 20.3 Å². The van der Waals surface area contributed by atoms with E-state index in [1.165, 1.54) is 13.3 Å². The number of amides is 1. The van der Waals surface area contributed by atoms with Gasteiger partial charge in [0.05, 0.1) is 11.3 Å². The van der Waals surface area contributed by atoms with E-state index in [-0.39, 0.29) is 5.91 Å². The van der Waals surface area contributed by atoms with Gasteiger partial charge in [0, 0.05) is 6.92 Å². The number of ether oxygens (including phenoxy) is 1. The van der Waals surface area contributed by atoms with E-state index < -0.39 is 0 Å². The summed E-state index contributed by atoms with van der Waals surface area (Å²) in [5.41, 5.74) is 3.86. The highest BCUT2D eigenvalue weighted by Gasteiger charge is 2.13. The molecule has 21 heavy (non-hydrogen) atoms. The van der Waals surface area contributed by atoms with Gasteiger partial charge in [-0.15, -0.1) is 0 Å². The largest absolute Gasteiger partial charge is 0.436 e. The Bertz CT molecular complexity index is 645. The molecule has 0 saturated heterocycles. The van der Waals surface area contributed by atoms with Crippen molar-refractivity contribution in [3.05, 3.63) is 36.2 Å². The lowest BCUT2D eigenvalue weighted by Gasteiger charge is -2.14. The molecule has 0 atom stereocenters. The maximum Gasteiger partial charge on any atom is 0.227 e. The number of carbonyl (C=O) groups excluding carboxylic acids is 1. The summed E-state index contributed by atoms with van der Waals surface area (Å²) in [5.74, 6) is 6.68. The van der Waals surface area contributed by atoms with Crippen LogP contribution >= 0.6 is 0 Å². The number of rotatable bonds is 5. The number of nitrogens with two attached hydrogens (primary N) is 1. The molecule has 110 valence electrons. The molecule has 1 heterocycles. The molecule has 1 aromatic heterocycles. The van der Waals surface area contributed by atoms with Gasteiger partial charge in [-0.25, -0.2) is 15.8 Å². The van der Waals surface area contributed by atoms with E-state index in [0.29, 0.717) is 29.6 Å². The maximum atomic E-state index is 11.2. The zero-order chi connectivity index (χ0) is 15.2. The predicted molar refractivity (Wildman–Crippen MR) is 80.0 cm³/mol. The van der Waals surface area contributed by atoms with Gasteiger partial charge in [-0.1, -0.05) is 19.1 Å². The first-order valence-corrected chi connectivity index (χ1v) is 6.50. The van der Waals surface area contributed by atoms with Crippen molar-refractivity contribution in [3.63, 3.8) is 0 Å². The SMILES string of the molecule is CCc1c(NN)ncnc1Oc1ccccc1NC(C)=O. The van der Waals surface area contributed by atoms with Gasteiger partial charge in [0.1, 0.15) is 12.1 Å². The second-order valence-electron chi connectivity index (χ2n) is 4.28. The topological polar surface area (TPSA) is 102 Å². The average Bonchev–Trinajstić information content (AvgIpc) is 2.48. The fourth-order valence-corrected chi connectivity index (χ4v) is 1.88. The number of para-hydroxylation sites is 2. The molecule has 7 heteroatoms. The quantitative estimate of drug-likeness (QED) is 0.574. The molecule has 1 amide bonds. The van der Waals surface area contributed by atoms with Crippen LogP contribution in [0.4, 0.5) is 11.5 Å². The Morgan fingerprint density at radius 2 is 2.10 bits per heavy atom. The highest BCUT2D eigenvalue weighted by Crippen LogP contribution is 2.31. The number of nitrogens with zero attached hydrogens (tertiary/aromatic N) is 2. The number of aromatic nitrogens is 2. The molecule has 0 aliphatic heterocycles. The fourth-order valence-electron chi connectivity index (χ4n) is 1.88. The number of nitrogen functional groups attached to an aromatic ring is 1. The number of carbonyl (C=O) groups is 1. The Hall–Kier alpha value is -2.67. The van der Waals surface area contributed by atoms with Gasteiger partial charge >= 0.3 is 0 Å². The van der Waals surface area contributed by atoms with Crippen LogP contribution in [0.1, 0.15) is 19.4 Å². The van der Waals surface area contributed by atoms with Crippen molar-refractivity contribution < 1.29 is 9.53 Å². The van der Waals surface area contributed by atoms with Gasteiger partial charge in [0.2, 0.25) is 11.8 Å². The van der Waals surface area contributed by atoms with E-state index >= 15 is 0 Å². The summed E-state index contributed by atoms with van der Waals surface area (Å²) < 4.78 is 5.81. The van der Waals surface area contributed by atoms with E-state index in [2.05, 4.69) is 20.7 Å². The zero-order valence-corrected chi connectivity index (χ0v) is 11.9. The third kappa shape index (κ3) is 3.46. The molecule has 0 saturated carbocycles. The Kier molecular flexibility index (Phi) is 4.68. The molecule has 1 aromatic carbocycles. The molecule has 2 aromatic rings. The molecule has 7 nitrogen and oxygen atoms in total. The van der Waals surface area contributed by atoms with Gasteiger partial charge < -0.3 is 15.5 Å². The zero-order valence-electron chi connectivity index (χ0n) is 11.9. The Balaban J connectivity index is 2.36. The first-order valence-electron chi connectivity index (χ1n) is 6.50. The molecule has 0 radical (unpaired) electrons. The number of anilines is 2. The predicted octanol–water partition coefficient (Wildman–Crippen LogP) is 2.08. The Morgan fingerprint density at radius 1 is 1.33 bits per heavy atom. The molecular formula is C14H17N5O2. The minimum absolute atomic E-state index is 0.172. The lowest BCUT2D eigenvalue weighted by Crippen LogP contribution is -2.12. The summed E-state index contributed by atoms with van der Waals surface area (Å²) in [5, 5.41) is 2.71. The summed E-state index contributed by atoms with van der Waals surface area (Å²) >= 11 is 0. The summed E-state index contributed by atoms with van der Waals surface area (Å²) in [4.78, 5) is 19.4. The molecule has 0 aliphatic carbocycles. The van der Waals surface area contributed by atoms with Crippen LogP contribution in [-0.4, -0.2) is 15.9 Å². The maximum absolute atomic E-state index is 11.2. The van der Waals surface area contributed by atoms with E-state index in [0.717, 1.165) is 5.56 Å². The minimum Gasteiger partial charge on any atom is -0.436 e. The van der Waals surface area contributed by atoms with Crippen molar-refractivity contribution in [3.8, 4) is 11.6 Å². The summed E-state index contributed by atoms with van der Waals surface area (Å²) in [6.45, 7) is 3.39. The van der Waals surface area contributed by atoms with Crippen LogP contribution in [0.5, 0.6) is 11.6 Å². The van der Waals surface area contributed by atoms with E-state index in [4.69, 9.17) is 10.6 Å². The van der Waals surface area contributed by atoms with Crippen LogP contribution in [0.2, 0.25) is 0 Å². The average molecular weight is 287 g/mol. The van der Waals surface area contributed by atoms with E-state index in [1.54, 1.807) is 12.1 Å². The number of hydrogen-bond donors (Lipinski definition) is 3. The van der Waals surface area contributed by atoms with Crippen molar-refractivity contribution in [2.24, 2.45) is 5.84 Å². The van der Waals surface area contributed by atoms with E-state index in [9.17, 15) is 4.79 Å². The second-order valence-corrected chi connectivity index (χ2v) is 4.28. The van der Waals surface area contributed by atoms with Gasteiger partial charge in [-0.05, 0) is 18.6 Å². The highest BCUT2D eigenvalue weighted by molar-refractivity contribution is 5.90. The van der Waals surface area contributed by atoms with Gasteiger partial charge in [-0.2, -0.15) is 0 Å². The number of hydrogen-bond acceptors (Lipinski definition) is 6. The summed E-state index contributed by atoms with van der Waals surface area (Å²) in [6, 6.07) is 7.13. The van der Waals surface area contributed by atoms with Gasteiger partial charge in [0.25, 0.3) is 0 Å². The molecule has 4 N–H and O–H groups in total. The van der Waals surface area contributed by atoms with Crippen molar-refractivity contribution in [1.29, 1.82) is 0 Å². The lowest BCUT2D eigenvalue weighted by atomic mass is 10.2. The molecular weight excluding hydrogens is 270 g/mol. The van der Waals surface area contributed by atoms with Gasteiger partial charge in [0.15, 0.2) is 5.75 Å². The molecule has 0 spiro atoms. The van der Waals surface area contributed by atoms with Gasteiger partial charge in [-0.3, -0.25) is 4.79 Å². The standard InChI is InChI=1S/C14H17N5O2/c1-3-10-13(19-15)16-8-17-14(10)21-12-7-5-4-6-11(12)18-9(2)20/h4-8H,3,15H2,1-2H3,(H,18,20)(H,16,17,19). The number of hydrazine groups is 1. The van der Waals surface area contributed by atoms with Crippen LogP contribution in [0.15, 0.2) is 30.6 Å². The van der Waals surface area contributed by atoms with Crippen LogP contribution in [0.25, 0.3) is 0 Å².